The van der Waals surface area contributed by atoms with Crippen molar-refractivity contribution in [2.75, 3.05) is 25.4 Å². The first-order chi connectivity index (χ1) is 15.7. The van der Waals surface area contributed by atoms with Gasteiger partial charge in [0.15, 0.2) is 19.0 Å². The molecule has 33 heavy (non-hydrogen) atoms. The number of fused-ring (bicyclic) bond motifs is 3. The quantitative estimate of drug-likeness (QED) is 0.514. The van der Waals surface area contributed by atoms with E-state index >= 15 is 0 Å². The molecule has 0 atom stereocenters. The molecule has 3 heterocycles. The fourth-order valence-electron chi connectivity index (χ4n) is 4.26. The highest BCUT2D eigenvalue weighted by molar-refractivity contribution is 7.19. The number of halogens is 3. The van der Waals surface area contributed by atoms with Gasteiger partial charge in [-0.25, -0.2) is 14.8 Å². The van der Waals surface area contributed by atoms with Crippen molar-refractivity contribution in [2.45, 2.75) is 57.7 Å². The first-order valence-electron chi connectivity index (χ1n) is 10.9. The van der Waals surface area contributed by atoms with Crippen LogP contribution in [0.3, 0.4) is 0 Å². The van der Waals surface area contributed by atoms with Crippen LogP contribution in [-0.2, 0) is 33.7 Å². The molecule has 0 aromatic carbocycles. The molecule has 2 aliphatic rings. The largest absolute Gasteiger partial charge is 0.457 e. The van der Waals surface area contributed by atoms with Gasteiger partial charge in [0.2, 0.25) is 0 Å². The topological polar surface area (TPSA) is 108 Å². The van der Waals surface area contributed by atoms with E-state index < -0.39 is 30.8 Å². The van der Waals surface area contributed by atoms with Gasteiger partial charge in [-0.15, -0.1) is 11.3 Å². The molecule has 1 saturated heterocycles. The molecule has 0 radical (unpaired) electrons. The van der Waals surface area contributed by atoms with E-state index in [-0.39, 0.29) is 32.5 Å². The minimum absolute atomic E-state index is 0.116. The Balaban J connectivity index is 1.31. The lowest BCUT2D eigenvalue weighted by Gasteiger charge is -2.30. The van der Waals surface area contributed by atoms with Crippen molar-refractivity contribution in [3.63, 3.8) is 0 Å². The third-order valence-electron chi connectivity index (χ3n) is 5.93. The predicted octanol–water partition coefficient (Wildman–Crippen LogP) is 4.00. The molecule has 4 rings (SSSR count). The van der Waals surface area contributed by atoms with Gasteiger partial charge >= 0.3 is 18.2 Å². The summed E-state index contributed by atoms with van der Waals surface area (Å²) in [5.74, 6) is -0.188. The van der Waals surface area contributed by atoms with Gasteiger partial charge in [0.05, 0.1) is 11.3 Å². The summed E-state index contributed by atoms with van der Waals surface area (Å²) < 4.78 is 46.2. The molecule has 12 heteroatoms. The number of rotatable bonds is 4. The number of amides is 1. The number of hydrogen-bond donors (Lipinski definition) is 1. The number of piperidine rings is 1. The Labute approximate surface area is 192 Å². The SMILES string of the molecule is Nc1nc(COC(=O)C2CCN(C(=O)OCC(F)(F)F)CC2)nc2sc3c(c12)CCCCC3. The molecule has 0 unspecified atom stereocenters. The first-order valence-corrected chi connectivity index (χ1v) is 11.7. The van der Waals surface area contributed by atoms with Gasteiger partial charge in [0.25, 0.3) is 0 Å². The van der Waals surface area contributed by atoms with E-state index in [4.69, 9.17) is 10.5 Å². The zero-order valence-corrected chi connectivity index (χ0v) is 18.8. The molecule has 1 aliphatic heterocycles. The third-order valence-corrected chi connectivity index (χ3v) is 7.11. The first kappa shape index (κ1) is 23.5. The highest BCUT2D eigenvalue weighted by Crippen LogP contribution is 2.37. The Morgan fingerprint density at radius 3 is 2.55 bits per heavy atom. The van der Waals surface area contributed by atoms with Crippen LogP contribution in [0, 0.1) is 5.92 Å². The monoisotopic (exact) mass is 486 g/mol. The highest BCUT2D eigenvalue weighted by atomic mass is 32.1. The second-order valence-electron chi connectivity index (χ2n) is 8.31. The fraction of sp³-hybridized carbons (Fsp3) is 0.619. The van der Waals surface area contributed by atoms with E-state index in [0.29, 0.717) is 11.6 Å². The van der Waals surface area contributed by atoms with Crippen molar-refractivity contribution in [1.29, 1.82) is 0 Å². The van der Waals surface area contributed by atoms with Gasteiger partial charge < -0.3 is 20.1 Å². The van der Waals surface area contributed by atoms with Crippen molar-refractivity contribution in [1.82, 2.24) is 14.9 Å². The molecule has 1 amide bonds. The van der Waals surface area contributed by atoms with Crippen LogP contribution in [0.1, 0.15) is 48.4 Å². The zero-order valence-electron chi connectivity index (χ0n) is 17.9. The van der Waals surface area contributed by atoms with Gasteiger partial charge in [-0.05, 0) is 44.1 Å². The maximum Gasteiger partial charge on any atom is 0.422 e. The number of likely N-dealkylation sites (tertiary alicyclic amines) is 1. The van der Waals surface area contributed by atoms with Gasteiger partial charge in [0, 0.05) is 18.0 Å². The van der Waals surface area contributed by atoms with Gasteiger partial charge in [-0.3, -0.25) is 4.79 Å². The Kier molecular flexibility index (Phi) is 6.91. The molecule has 1 fully saturated rings. The highest BCUT2D eigenvalue weighted by Gasteiger charge is 2.33. The summed E-state index contributed by atoms with van der Waals surface area (Å²) in [7, 11) is 0. The normalized spacial score (nSPS) is 17.5. The molecule has 2 N–H and O–H groups in total. The molecule has 0 saturated carbocycles. The van der Waals surface area contributed by atoms with Crippen molar-refractivity contribution in [2.24, 2.45) is 5.92 Å². The number of nitrogens with zero attached hydrogens (tertiary/aromatic N) is 3. The summed E-state index contributed by atoms with van der Waals surface area (Å²) >= 11 is 1.62. The van der Waals surface area contributed by atoms with Crippen LogP contribution in [0.25, 0.3) is 10.2 Å². The van der Waals surface area contributed by atoms with Gasteiger partial charge in [-0.2, -0.15) is 13.2 Å². The van der Waals surface area contributed by atoms with Crippen LogP contribution in [-0.4, -0.2) is 52.8 Å². The molecule has 2 aromatic rings. The van der Waals surface area contributed by atoms with E-state index in [9.17, 15) is 22.8 Å². The lowest BCUT2D eigenvalue weighted by molar-refractivity contribution is -0.163. The maximum atomic E-state index is 12.5. The number of nitrogen functional groups attached to an aromatic ring is 1. The number of hydrogen-bond acceptors (Lipinski definition) is 8. The van der Waals surface area contributed by atoms with E-state index in [1.165, 1.54) is 16.9 Å². The number of ether oxygens (including phenoxy) is 2. The maximum absolute atomic E-state index is 12.5. The number of aromatic nitrogens is 2. The number of nitrogens with two attached hydrogens (primary N) is 1. The van der Waals surface area contributed by atoms with Crippen LogP contribution in [0.2, 0.25) is 0 Å². The van der Waals surface area contributed by atoms with E-state index in [2.05, 4.69) is 14.7 Å². The molecule has 0 spiro atoms. The molecular formula is C21H25F3N4O4S. The smallest absolute Gasteiger partial charge is 0.422 e. The lowest BCUT2D eigenvalue weighted by atomic mass is 9.97. The molecule has 8 nitrogen and oxygen atoms in total. The summed E-state index contributed by atoms with van der Waals surface area (Å²) in [6, 6.07) is 0. The summed E-state index contributed by atoms with van der Waals surface area (Å²) in [4.78, 5) is 36.4. The fourth-order valence-corrected chi connectivity index (χ4v) is 5.55. The average molecular weight is 487 g/mol. The lowest BCUT2D eigenvalue weighted by Crippen LogP contribution is -2.41. The summed E-state index contributed by atoms with van der Waals surface area (Å²) in [5, 5.41) is 0.914. The van der Waals surface area contributed by atoms with E-state index in [0.717, 1.165) is 40.8 Å². The summed E-state index contributed by atoms with van der Waals surface area (Å²) in [5.41, 5.74) is 7.46. The molecule has 180 valence electrons. The zero-order chi connectivity index (χ0) is 23.6. The number of thiophene rings is 1. The van der Waals surface area contributed by atoms with Crippen LogP contribution in [0.15, 0.2) is 0 Å². The molecule has 0 bridgehead atoms. The second kappa shape index (κ2) is 9.70. The minimum atomic E-state index is -4.58. The standard InChI is InChI=1S/C21H25F3N4O4S/c22-21(23,24)11-32-20(30)28-8-6-12(7-9-28)19(29)31-10-15-26-17(25)16-13-4-2-1-3-5-14(13)33-18(16)27-15/h12H,1-11H2,(H2,25,26,27). The van der Waals surface area contributed by atoms with Crippen molar-refractivity contribution in [3.05, 3.63) is 16.3 Å². The van der Waals surface area contributed by atoms with Crippen molar-refractivity contribution in [3.8, 4) is 0 Å². The van der Waals surface area contributed by atoms with Crippen LogP contribution in [0.5, 0.6) is 0 Å². The van der Waals surface area contributed by atoms with E-state index in [1.54, 1.807) is 11.3 Å². The number of carbonyl (C=O) groups excluding carboxylic acids is 2. The number of alkyl halides is 3. The number of carbonyl (C=O) groups is 2. The van der Waals surface area contributed by atoms with Crippen LogP contribution >= 0.6 is 11.3 Å². The van der Waals surface area contributed by atoms with Crippen LogP contribution in [0.4, 0.5) is 23.8 Å². The summed E-state index contributed by atoms with van der Waals surface area (Å²) in [6.07, 6.45) is 0.402. The second-order valence-corrected chi connectivity index (χ2v) is 9.39. The van der Waals surface area contributed by atoms with E-state index in [1.807, 2.05) is 0 Å². The Bertz CT molecular complexity index is 1030. The molecule has 1 aliphatic carbocycles. The number of esters is 1. The predicted molar refractivity (Wildman–Crippen MR) is 115 cm³/mol. The van der Waals surface area contributed by atoms with Crippen molar-refractivity contribution >= 4 is 39.4 Å². The Morgan fingerprint density at radius 1 is 1.09 bits per heavy atom. The number of aryl methyl sites for hydroxylation is 2. The van der Waals surface area contributed by atoms with Crippen molar-refractivity contribution < 1.29 is 32.2 Å². The van der Waals surface area contributed by atoms with Gasteiger partial charge in [-0.1, -0.05) is 6.42 Å². The van der Waals surface area contributed by atoms with Gasteiger partial charge in [0.1, 0.15) is 10.6 Å². The molecular weight excluding hydrogens is 461 g/mol. The Hall–Kier alpha value is -2.63. The van der Waals surface area contributed by atoms with Crippen LogP contribution < -0.4 is 5.73 Å². The summed E-state index contributed by atoms with van der Waals surface area (Å²) in [6.45, 7) is -1.51. The number of anilines is 1. The third kappa shape index (κ3) is 5.66. The average Bonchev–Trinajstić information content (AvgIpc) is 2.97. The Morgan fingerprint density at radius 2 is 1.82 bits per heavy atom. The molecule has 2 aromatic heterocycles. The minimum Gasteiger partial charge on any atom is -0.457 e.